The molecule has 2 rings (SSSR count). The molecule has 1 aromatic rings. The Labute approximate surface area is 138 Å². The number of benzene rings is 1. The molecule has 0 radical (unpaired) electrons. The predicted octanol–water partition coefficient (Wildman–Crippen LogP) is 1.54. The van der Waals surface area contributed by atoms with Crippen LogP contribution >= 0.6 is 0 Å². The molecule has 0 atom stereocenters. The molecule has 23 heavy (non-hydrogen) atoms. The summed E-state index contributed by atoms with van der Waals surface area (Å²) in [5, 5.41) is 2.88. The van der Waals surface area contributed by atoms with Gasteiger partial charge in [0, 0.05) is 32.7 Å². The summed E-state index contributed by atoms with van der Waals surface area (Å²) >= 11 is 0. The molecule has 0 unspecified atom stereocenters. The number of ether oxygens (including phenoxy) is 1. The largest absolute Gasteiger partial charge is 0.383 e. The third-order valence-electron chi connectivity index (χ3n) is 4.43. The normalized spacial score (nSPS) is 15.5. The number of nitrogens with zero attached hydrogens (tertiary/aromatic N) is 1. The molecule has 0 bridgehead atoms. The Bertz CT molecular complexity index is 537. The van der Waals surface area contributed by atoms with Gasteiger partial charge in [0.15, 0.2) is 0 Å². The van der Waals surface area contributed by atoms with E-state index < -0.39 is 0 Å². The molecule has 1 aliphatic heterocycles. The molecule has 0 spiro atoms. The van der Waals surface area contributed by atoms with Crippen molar-refractivity contribution in [1.82, 2.24) is 10.2 Å². The average Bonchev–Trinajstić information content (AvgIpc) is 2.57. The van der Waals surface area contributed by atoms with Crippen molar-refractivity contribution < 1.29 is 14.3 Å². The summed E-state index contributed by atoms with van der Waals surface area (Å²) in [4.78, 5) is 26.3. The second-order valence-corrected chi connectivity index (χ2v) is 6.04. The minimum atomic E-state index is 0.00867. The molecule has 1 aromatic carbocycles. The van der Waals surface area contributed by atoms with Gasteiger partial charge < -0.3 is 15.0 Å². The number of hydrogen-bond acceptors (Lipinski definition) is 3. The Kier molecular flexibility index (Phi) is 6.59. The van der Waals surface area contributed by atoms with Gasteiger partial charge in [-0.25, -0.2) is 0 Å². The first-order chi connectivity index (χ1) is 11.1. The summed E-state index contributed by atoms with van der Waals surface area (Å²) in [7, 11) is 1.62. The third-order valence-corrected chi connectivity index (χ3v) is 4.43. The van der Waals surface area contributed by atoms with Crippen LogP contribution in [0.15, 0.2) is 24.3 Å². The van der Waals surface area contributed by atoms with E-state index in [4.69, 9.17) is 4.74 Å². The molecule has 2 amide bonds. The minimum Gasteiger partial charge on any atom is -0.383 e. The van der Waals surface area contributed by atoms with Crippen LogP contribution < -0.4 is 5.32 Å². The zero-order valence-electron chi connectivity index (χ0n) is 14.0. The van der Waals surface area contributed by atoms with E-state index in [0.717, 1.165) is 24.0 Å². The standard InChI is InChI=1S/C18H26N2O3/c1-14-5-3-4-6-16(14)13-17(21)20-10-7-15(8-11-20)18(22)19-9-12-23-2/h3-6,15H,7-13H2,1-2H3,(H,19,22). The molecule has 0 saturated carbocycles. The number of nitrogens with one attached hydrogen (secondary N) is 1. The van der Waals surface area contributed by atoms with Gasteiger partial charge in [-0.15, -0.1) is 0 Å². The van der Waals surface area contributed by atoms with Crippen LogP contribution in [0.4, 0.5) is 0 Å². The Morgan fingerprint density at radius 3 is 2.61 bits per heavy atom. The lowest BCUT2D eigenvalue weighted by molar-refractivity contribution is -0.135. The van der Waals surface area contributed by atoms with Crippen molar-refractivity contribution in [1.29, 1.82) is 0 Å². The fourth-order valence-electron chi connectivity index (χ4n) is 2.89. The van der Waals surface area contributed by atoms with Crippen LogP contribution in [0.2, 0.25) is 0 Å². The molecule has 1 aliphatic rings. The third kappa shape index (κ3) is 5.06. The van der Waals surface area contributed by atoms with Crippen LogP contribution in [0.25, 0.3) is 0 Å². The first kappa shape index (κ1) is 17.5. The van der Waals surface area contributed by atoms with Gasteiger partial charge in [0.1, 0.15) is 0 Å². The number of amides is 2. The highest BCUT2D eigenvalue weighted by Crippen LogP contribution is 2.19. The summed E-state index contributed by atoms with van der Waals surface area (Å²) in [6, 6.07) is 7.98. The van der Waals surface area contributed by atoms with Gasteiger partial charge in [0.25, 0.3) is 0 Å². The van der Waals surface area contributed by atoms with Crippen LogP contribution in [0.3, 0.4) is 0 Å². The Morgan fingerprint density at radius 1 is 1.26 bits per heavy atom. The zero-order valence-corrected chi connectivity index (χ0v) is 14.0. The lowest BCUT2D eigenvalue weighted by Gasteiger charge is -2.31. The van der Waals surface area contributed by atoms with Crippen molar-refractivity contribution in [2.75, 3.05) is 33.4 Å². The predicted molar refractivity (Wildman–Crippen MR) is 89.1 cm³/mol. The molecule has 126 valence electrons. The fourth-order valence-corrected chi connectivity index (χ4v) is 2.89. The Morgan fingerprint density at radius 2 is 1.96 bits per heavy atom. The number of carbonyl (C=O) groups excluding carboxylic acids is 2. The highest BCUT2D eigenvalue weighted by molar-refractivity contribution is 5.81. The van der Waals surface area contributed by atoms with Crippen molar-refractivity contribution in [2.24, 2.45) is 5.92 Å². The number of rotatable bonds is 6. The van der Waals surface area contributed by atoms with Gasteiger partial charge in [-0.3, -0.25) is 9.59 Å². The number of carbonyl (C=O) groups is 2. The lowest BCUT2D eigenvalue weighted by atomic mass is 9.95. The Balaban J connectivity index is 1.78. The molecule has 5 nitrogen and oxygen atoms in total. The molecule has 1 saturated heterocycles. The molecule has 5 heteroatoms. The number of hydrogen-bond donors (Lipinski definition) is 1. The maximum absolute atomic E-state index is 12.4. The van der Waals surface area contributed by atoms with Gasteiger partial charge >= 0.3 is 0 Å². The minimum absolute atomic E-state index is 0.00867. The highest BCUT2D eigenvalue weighted by Gasteiger charge is 2.27. The monoisotopic (exact) mass is 318 g/mol. The van der Waals surface area contributed by atoms with Crippen molar-refractivity contribution in [3.8, 4) is 0 Å². The van der Waals surface area contributed by atoms with Crippen molar-refractivity contribution in [2.45, 2.75) is 26.2 Å². The van der Waals surface area contributed by atoms with Crippen LogP contribution in [0.5, 0.6) is 0 Å². The van der Waals surface area contributed by atoms with E-state index in [2.05, 4.69) is 5.32 Å². The van der Waals surface area contributed by atoms with Gasteiger partial charge in [-0.05, 0) is 30.9 Å². The van der Waals surface area contributed by atoms with E-state index in [9.17, 15) is 9.59 Å². The zero-order chi connectivity index (χ0) is 16.7. The molecule has 1 fully saturated rings. The molecule has 0 aromatic heterocycles. The number of piperidine rings is 1. The van der Waals surface area contributed by atoms with Gasteiger partial charge in [0.05, 0.1) is 13.0 Å². The van der Waals surface area contributed by atoms with Crippen LogP contribution in [-0.2, 0) is 20.7 Å². The molecule has 0 aliphatic carbocycles. The summed E-state index contributed by atoms with van der Waals surface area (Å²) in [6.45, 7) is 4.42. The van der Waals surface area contributed by atoms with E-state index in [1.165, 1.54) is 0 Å². The van der Waals surface area contributed by atoms with Gasteiger partial charge in [-0.2, -0.15) is 0 Å². The first-order valence-electron chi connectivity index (χ1n) is 8.20. The molecule has 1 N–H and O–H groups in total. The van der Waals surface area contributed by atoms with Gasteiger partial charge in [0.2, 0.25) is 11.8 Å². The van der Waals surface area contributed by atoms with Crippen molar-refractivity contribution in [3.05, 3.63) is 35.4 Å². The number of likely N-dealkylation sites (tertiary alicyclic amines) is 1. The second-order valence-electron chi connectivity index (χ2n) is 6.04. The summed E-state index contributed by atoms with van der Waals surface area (Å²) in [5.74, 6) is 0.236. The van der Waals surface area contributed by atoms with Gasteiger partial charge in [-0.1, -0.05) is 24.3 Å². The number of methoxy groups -OCH3 is 1. The maximum atomic E-state index is 12.4. The smallest absolute Gasteiger partial charge is 0.226 e. The maximum Gasteiger partial charge on any atom is 0.226 e. The number of aryl methyl sites for hydroxylation is 1. The van der Waals surface area contributed by atoms with Crippen molar-refractivity contribution >= 4 is 11.8 Å². The topological polar surface area (TPSA) is 58.6 Å². The summed E-state index contributed by atoms with van der Waals surface area (Å²) in [6.07, 6.45) is 1.91. The van der Waals surface area contributed by atoms with E-state index in [0.29, 0.717) is 32.7 Å². The van der Waals surface area contributed by atoms with Crippen molar-refractivity contribution in [3.63, 3.8) is 0 Å². The SMILES string of the molecule is COCCNC(=O)C1CCN(C(=O)Cc2ccccc2C)CC1. The van der Waals surface area contributed by atoms with Crippen LogP contribution in [0.1, 0.15) is 24.0 Å². The summed E-state index contributed by atoms with van der Waals surface area (Å²) in [5.41, 5.74) is 2.23. The first-order valence-corrected chi connectivity index (χ1v) is 8.20. The summed E-state index contributed by atoms with van der Waals surface area (Å²) < 4.78 is 4.93. The molecular formula is C18H26N2O3. The lowest BCUT2D eigenvalue weighted by Crippen LogP contribution is -2.44. The highest BCUT2D eigenvalue weighted by atomic mass is 16.5. The molecule has 1 heterocycles. The van der Waals surface area contributed by atoms with E-state index in [1.54, 1.807) is 7.11 Å². The van der Waals surface area contributed by atoms with Crippen LogP contribution in [-0.4, -0.2) is 50.1 Å². The average molecular weight is 318 g/mol. The second kappa shape index (κ2) is 8.67. The van der Waals surface area contributed by atoms with E-state index in [-0.39, 0.29) is 17.7 Å². The Hall–Kier alpha value is -1.88. The van der Waals surface area contributed by atoms with Crippen LogP contribution in [0, 0.1) is 12.8 Å². The fraction of sp³-hybridized carbons (Fsp3) is 0.556. The van der Waals surface area contributed by atoms with E-state index in [1.807, 2.05) is 36.1 Å². The van der Waals surface area contributed by atoms with E-state index >= 15 is 0 Å². The quantitative estimate of drug-likeness (QED) is 0.810. The molecular weight excluding hydrogens is 292 g/mol.